The third kappa shape index (κ3) is 8.02. The molecule has 0 fully saturated rings. The molecule has 0 saturated carbocycles. The van der Waals surface area contributed by atoms with E-state index in [1.165, 1.54) is 11.1 Å². The summed E-state index contributed by atoms with van der Waals surface area (Å²) >= 11 is 0. The topological polar surface area (TPSA) is 37.3 Å². The second-order valence-electron chi connectivity index (χ2n) is 4.72. The van der Waals surface area contributed by atoms with Gasteiger partial charge in [0.15, 0.2) is 5.78 Å². The third-order valence-corrected chi connectivity index (χ3v) is 3.11. The van der Waals surface area contributed by atoms with Crippen LogP contribution in [0, 0.1) is 0 Å². The molecule has 0 rings (SSSR count). The first-order chi connectivity index (χ1) is 8.51. The number of carbonyl (C=O) groups is 1. The van der Waals surface area contributed by atoms with Gasteiger partial charge >= 0.3 is 0 Å². The molecule has 0 aliphatic rings. The van der Waals surface area contributed by atoms with Crippen LogP contribution in [0.5, 0.6) is 0 Å². The van der Waals surface area contributed by atoms with Gasteiger partial charge in [-0.15, -0.1) is 0 Å². The summed E-state index contributed by atoms with van der Waals surface area (Å²) in [5.41, 5.74) is 3.33. The summed E-state index contributed by atoms with van der Waals surface area (Å²) < 4.78 is 0. The molecule has 2 heteroatoms. The minimum atomic E-state index is -0.0605. The Morgan fingerprint density at radius 1 is 1.00 bits per heavy atom. The minimum absolute atomic E-state index is 0.0605. The summed E-state index contributed by atoms with van der Waals surface area (Å²) in [5, 5.41) is 8.71. The molecule has 0 heterocycles. The summed E-state index contributed by atoms with van der Waals surface area (Å²) in [4.78, 5) is 11.7. The molecular weight excluding hydrogens is 224 g/mol. The SMILES string of the molecule is C/C=C(\C)CC/C=C(\C)CCC(=O)/C(C)=C/CO. The standard InChI is InChI=1S/C16H26O2/c1-5-13(2)7-6-8-14(3)9-10-16(18)15(4)11-12-17/h5,8,11,17H,6-7,9-10,12H2,1-4H3/b13-5+,14-8+,15-11+. The Kier molecular flexibility index (Phi) is 9.21. The van der Waals surface area contributed by atoms with Crippen LogP contribution in [0.1, 0.15) is 53.4 Å². The van der Waals surface area contributed by atoms with Gasteiger partial charge in [0, 0.05) is 6.42 Å². The van der Waals surface area contributed by atoms with Crippen LogP contribution < -0.4 is 0 Å². The van der Waals surface area contributed by atoms with Gasteiger partial charge in [-0.25, -0.2) is 0 Å². The van der Waals surface area contributed by atoms with E-state index in [9.17, 15) is 4.79 Å². The minimum Gasteiger partial charge on any atom is -0.392 e. The van der Waals surface area contributed by atoms with Gasteiger partial charge in [0.25, 0.3) is 0 Å². The maximum Gasteiger partial charge on any atom is 0.158 e. The molecule has 0 amide bonds. The molecule has 0 bridgehead atoms. The van der Waals surface area contributed by atoms with Crippen molar-refractivity contribution in [2.45, 2.75) is 53.4 Å². The Labute approximate surface area is 111 Å². The molecular formula is C16H26O2. The highest BCUT2D eigenvalue weighted by atomic mass is 16.2. The second kappa shape index (κ2) is 9.84. The van der Waals surface area contributed by atoms with E-state index in [1.807, 2.05) is 0 Å². The molecule has 2 nitrogen and oxygen atoms in total. The summed E-state index contributed by atoms with van der Waals surface area (Å²) in [5.74, 6) is 0.126. The maximum absolute atomic E-state index is 11.7. The van der Waals surface area contributed by atoms with Crippen LogP contribution in [-0.4, -0.2) is 17.5 Å². The third-order valence-electron chi connectivity index (χ3n) is 3.11. The number of allylic oxidation sites excluding steroid dienone is 5. The van der Waals surface area contributed by atoms with Crippen molar-refractivity contribution >= 4 is 5.78 Å². The lowest BCUT2D eigenvalue weighted by molar-refractivity contribution is -0.115. The van der Waals surface area contributed by atoms with Crippen molar-refractivity contribution in [3.8, 4) is 0 Å². The number of ketones is 1. The van der Waals surface area contributed by atoms with Gasteiger partial charge in [-0.2, -0.15) is 0 Å². The van der Waals surface area contributed by atoms with E-state index < -0.39 is 0 Å². The number of aliphatic hydroxyl groups excluding tert-OH is 1. The predicted molar refractivity (Wildman–Crippen MR) is 77.5 cm³/mol. The summed E-state index contributed by atoms with van der Waals surface area (Å²) in [6, 6.07) is 0. The number of hydrogen-bond donors (Lipinski definition) is 1. The van der Waals surface area contributed by atoms with E-state index in [2.05, 4.69) is 32.9 Å². The fourth-order valence-corrected chi connectivity index (χ4v) is 1.55. The van der Waals surface area contributed by atoms with Gasteiger partial charge in [-0.05, 0) is 52.5 Å². The highest BCUT2D eigenvalue weighted by Crippen LogP contribution is 2.12. The molecule has 0 atom stereocenters. The number of aliphatic hydroxyl groups is 1. The van der Waals surface area contributed by atoms with Crippen LogP contribution >= 0.6 is 0 Å². The smallest absolute Gasteiger partial charge is 0.158 e. The highest BCUT2D eigenvalue weighted by molar-refractivity contribution is 5.94. The Morgan fingerprint density at radius 3 is 2.22 bits per heavy atom. The highest BCUT2D eigenvalue weighted by Gasteiger charge is 2.04. The van der Waals surface area contributed by atoms with E-state index >= 15 is 0 Å². The predicted octanol–water partition coefficient (Wildman–Crippen LogP) is 3.97. The molecule has 0 aromatic rings. The monoisotopic (exact) mass is 250 g/mol. The number of hydrogen-bond acceptors (Lipinski definition) is 2. The number of rotatable bonds is 8. The molecule has 0 aliphatic heterocycles. The maximum atomic E-state index is 11.7. The second-order valence-corrected chi connectivity index (χ2v) is 4.72. The Morgan fingerprint density at radius 2 is 1.67 bits per heavy atom. The van der Waals surface area contributed by atoms with Gasteiger partial charge in [-0.3, -0.25) is 4.79 Å². The van der Waals surface area contributed by atoms with Crippen molar-refractivity contribution in [2.75, 3.05) is 6.61 Å². The van der Waals surface area contributed by atoms with E-state index in [-0.39, 0.29) is 12.4 Å². The van der Waals surface area contributed by atoms with E-state index in [4.69, 9.17) is 5.11 Å². The van der Waals surface area contributed by atoms with E-state index in [0.29, 0.717) is 12.0 Å². The van der Waals surface area contributed by atoms with Crippen molar-refractivity contribution in [3.63, 3.8) is 0 Å². The first kappa shape index (κ1) is 16.9. The Balaban J connectivity index is 4.03. The Hall–Kier alpha value is -1.15. The fraction of sp³-hybridized carbons (Fsp3) is 0.562. The molecule has 102 valence electrons. The van der Waals surface area contributed by atoms with Crippen molar-refractivity contribution in [3.05, 3.63) is 34.9 Å². The zero-order valence-electron chi connectivity index (χ0n) is 12.1. The van der Waals surface area contributed by atoms with Crippen molar-refractivity contribution in [1.29, 1.82) is 0 Å². The molecule has 0 saturated heterocycles. The first-order valence-corrected chi connectivity index (χ1v) is 6.59. The van der Waals surface area contributed by atoms with E-state index in [0.717, 1.165) is 19.3 Å². The van der Waals surface area contributed by atoms with Gasteiger partial charge in [0.1, 0.15) is 0 Å². The molecule has 0 aliphatic carbocycles. The van der Waals surface area contributed by atoms with Crippen molar-refractivity contribution < 1.29 is 9.90 Å². The molecule has 18 heavy (non-hydrogen) atoms. The van der Waals surface area contributed by atoms with Gasteiger partial charge in [0.2, 0.25) is 0 Å². The van der Waals surface area contributed by atoms with Gasteiger partial charge < -0.3 is 5.11 Å². The van der Waals surface area contributed by atoms with E-state index in [1.54, 1.807) is 13.0 Å². The van der Waals surface area contributed by atoms with Crippen LogP contribution in [0.25, 0.3) is 0 Å². The summed E-state index contributed by atoms with van der Waals surface area (Å²) in [7, 11) is 0. The molecule has 0 aromatic heterocycles. The fourth-order valence-electron chi connectivity index (χ4n) is 1.55. The van der Waals surface area contributed by atoms with Gasteiger partial charge in [-0.1, -0.05) is 29.4 Å². The van der Waals surface area contributed by atoms with Crippen molar-refractivity contribution in [1.82, 2.24) is 0 Å². The molecule has 0 aromatic carbocycles. The zero-order chi connectivity index (χ0) is 14.0. The number of carbonyl (C=O) groups excluding carboxylic acids is 1. The van der Waals surface area contributed by atoms with Gasteiger partial charge in [0.05, 0.1) is 6.61 Å². The lowest BCUT2D eigenvalue weighted by atomic mass is 10.0. The zero-order valence-corrected chi connectivity index (χ0v) is 12.1. The summed E-state index contributed by atoms with van der Waals surface area (Å²) in [6.45, 7) is 7.96. The largest absolute Gasteiger partial charge is 0.392 e. The molecule has 0 unspecified atom stereocenters. The number of Topliss-reactive ketones (excluding diaryl/α,β-unsaturated/α-hetero) is 1. The van der Waals surface area contributed by atoms with Crippen LogP contribution in [-0.2, 0) is 4.79 Å². The average molecular weight is 250 g/mol. The average Bonchev–Trinajstić information content (AvgIpc) is 2.35. The van der Waals surface area contributed by atoms with Crippen molar-refractivity contribution in [2.24, 2.45) is 0 Å². The van der Waals surface area contributed by atoms with Crippen LogP contribution in [0.15, 0.2) is 34.9 Å². The first-order valence-electron chi connectivity index (χ1n) is 6.59. The van der Waals surface area contributed by atoms with Crippen LogP contribution in [0.2, 0.25) is 0 Å². The van der Waals surface area contributed by atoms with Crippen LogP contribution in [0.4, 0.5) is 0 Å². The molecule has 1 N–H and O–H groups in total. The lowest BCUT2D eigenvalue weighted by Gasteiger charge is -2.03. The quantitative estimate of drug-likeness (QED) is 0.523. The van der Waals surface area contributed by atoms with Crippen LogP contribution in [0.3, 0.4) is 0 Å². The molecule has 0 radical (unpaired) electrons. The molecule has 0 spiro atoms. The summed E-state index contributed by atoms with van der Waals surface area (Å²) in [6.07, 6.45) is 9.39. The lowest BCUT2D eigenvalue weighted by Crippen LogP contribution is -2.00. The normalized spacial score (nSPS) is 13.9. The Bertz CT molecular complexity index is 346.